The highest BCUT2D eigenvalue weighted by atomic mass is 14.9. The summed E-state index contributed by atoms with van der Waals surface area (Å²) >= 11 is 0. The Morgan fingerprint density at radius 2 is 0.778 bits per heavy atom. The van der Waals surface area contributed by atoms with Crippen molar-refractivity contribution in [2.24, 2.45) is 0 Å². The Labute approximate surface area is 367 Å². The van der Waals surface area contributed by atoms with E-state index in [2.05, 4.69) is 226 Å². The Morgan fingerprint density at radius 1 is 0.302 bits per heavy atom. The second kappa shape index (κ2) is 14.6. The van der Waals surface area contributed by atoms with E-state index in [1.165, 1.54) is 71.4 Å². The third kappa shape index (κ3) is 6.02. The van der Waals surface area contributed by atoms with Crippen LogP contribution in [0.3, 0.4) is 0 Å². The van der Waals surface area contributed by atoms with E-state index in [0.717, 1.165) is 44.6 Å². The van der Waals surface area contributed by atoms with E-state index in [9.17, 15) is 0 Å². The molecule has 0 fully saturated rings. The van der Waals surface area contributed by atoms with Gasteiger partial charge in [0.1, 0.15) is 0 Å². The van der Waals surface area contributed by atoms with Gasteiger partial charge in [0.05, 0.1) is 11.4 Å². The lowest BCUT2D eigenvalue weighted by Crippen LogP contribution is -2.16. The van der Waals surface area contributed by atoms with E-state index in [-0.39, 0.29) is 5.41 Å². The van der Waals surface area contributed by atoms with Crippen LogP contribution in [0.1, 0.15) is 25.0 Å². The molecule has 12 rings (SSSR count). The van der Waals surface area contributed by atoms with E-state index in [0.29, 0.717) is 5.82 Å². The van der Waals surface area contributed by atoms with Gasteiger partial charge in [-0.1, -0.05) is 220 Å². The van der Waals surface area contributed by atoms with Crippen molar-refractivity contribution in [1.82, 2.24) is 9.97 Å². The Balaban J connectivity index is 1.02. The average Bonchev–Trinajstić information content (AvgIpc) is 3.59. The van der Waals surface area contributed by atoms with Gasteiger partial charge in [-0.2, -0.15) is 0 Å². The van der Waals surface area contributed by atoms with Crippen LogP contribution in [0, 0.1) is 0 Å². The standard InChI is InChI=1S/C61H42N2/c1-61(2)56-30-15-14-26-51(56)55-29-16-28-54(59(55)61)50-34-33-48(44-22-9-10-23-45(44)50)49-35-36-53(47-25-12-11-24-46(47)49)58-38-57(62-60(63-58)40-18-4-3-5-19-40)52-27-13-8-21-43(52)42-32-31-39-17-6-7-20-41(39)37-42/h3-38H,1-2H3. The first kappa shape index (κ1) is 36.9. The van der Waals surface area contributed by atoms with Crippen molar-refractivity contribution >= 4 is 32.3 Å². The van der Waals surface area contributed by atoms with Crippen molar-refractivity contribution in [3.63, 3.8) is 0 Å². The van der Waals surface area contributed by atoms with Crippen LogP contribution in [0.2, 0.25) is 0 Å². The quantitative estimate of drug-likeness (QED) is 0.167. The largest absolute Gasteiger partial charge is 0.228 e. The molecule has 0 bridgehead atoms. The predicted molar refractivity (Wildman–Crippen MR) is 265 cm³/mol. The summed E-state index contributed by atoms with van der Waals surface area (Å²) in [6, 6.07) is 79.1. The summed E-state index contributed by atoms with van der Waals surface area (Å²) in [5, 5.41) is 7.26. The van der Waals surface area contributed by atoms with Gasteiger partial charge in [-0.3, -0.25) is 0 Å². The maximum atomic E-state index is 5.33. The number of hydrogen-bond donors (Lipinski definition) is 0. The maximum Gasteiger partial charge on any atom is 0.160 e. The lowest BCUT2D eigenvalue weighted by atomic mass is 9.78. The summed E-state index contributed by atoms with van der Waals surface area (Å²) < 4.78 is 0. The third-order valence-corrected chi connectivity index (χ3v) is 13.3. The zero-order valence-electron chi connectivity index (χ0n) is 35.2. The van der Waals surface area contributed by atoms with Gasteiger partial charge in [0.25, 0.3) is 0 Å². The van der Waals surface area contributed by atoms with Gasteiger partial charge in [0.15, 0.2) is 5.82 Å². The van der Waals surface area contributed by atoms with Crippen molar-refractivity contribution in [3.05, 3.63) is 230 Å². The number of rotatable bonds is 6. The van der Waals surface area contributed by atoms with Crippen molar-refractivity contribution < 1.29 is 0 Å². The van der Waals surface area contributed by atoms with Gasteiger partial charge in [-0.15, -0.1) is 0 Å². The minimum Gasteiger partial charge on any atom is -0.228 e. The Bertz CT molecular complexity index is 3600. The number of benzene rings is 10. The van der Waals surface area contributed by atoms with Gasteiger partial charge in [-0.25, -0.2) is 9.97 Å². The van der Waals surface area contributed by atoms with Gasteiger partial charge < -0.3 is 0 Å². The fraction of sp³-hybridized carbons (Fsp3) is 0.0492. The number of hydrogen-bond acceptors (Lipinski definition) is 2. The van der Waals surface area contributed by atoms with Crippen molar-refractivity contribution in [1.29, 1.82) is 0 Å². The molecule has 0 atom stereocenters. The van der Waals surface area contributed by atoms with Crippen LogP contribution in [0.5, 0.6) is 0 Å². The highest BCUT2D eigenvalue weighted by Crippen LogP contribution is 2.53. The van der Waals surface area contributed by atoms with E-state index >= 15 is 0 Å². The molecule has 0 radical (unpaired) electrons. The first-order valence-electron chi connectivity index (χ1n) is 21.8. The molecule has 1 aliphatic carbocycles. The molecule has 0 spiro atoms. The molecule has 0 saturated heterocycles. The van der Waals surface area contributed by atoms with Crippen molar-refractivity contribution in [2.75, 3.05) is 0 Å². The molecule has 296 valence electrons. The zero-order valence-corrected chi connectivity index (χ0v) is 35.2. The second-order valence-electron chi connectivity index (χ2n) is 17.2. The van der Waals surface area contributed by atoms with Crippen LogP contribution in [-0.4, -0.2) is 9.97 Å². The molecule has 63 heavy (non-hydrogen) atoms. The lowest BCUT2D eigenvalue weighted by Gasteiger charge is -2.25. The Hall–Kier alpha value is -7.94. The van der Waals surface area contributed by atoms with Gasteiger partial charge in [0.2, 0.25) is 0 Å². The Morgan fingerprint density at radius 3 is 1.46 bits per heavy atom. The van der Waals surface area contributed by atoms with Crippen LogP contribution in [0.25, 0.3) is 111 Å². The lowest BCUT2D eigenvalue weighted by molar-refractivity contribution is 0.662. The summed E-state index contributed by atoms with van der Waals surface area (Å²) in [4.78, 5) is 10.6. The smallest absolute Gasteiger partial charge is 0.160 e. The highest BCUT2D eigenvalue weighted by molar-refractivity contribution is 6.12. The molecule has 0 aliphatic heterocycles. The molecule has 11 aromatic rings. The van der Waals surface area contributed by atoms with Crippen molar-refractivity contribution in [3.8, 4) is 78.4 Å². The topological polar surface area (TPSA) is 25.8 Å². The van der Waals surface area contributed by atoms with Gasteiger partial charge >= 0.3 is 0 Å². The zero-order chi connectivity index (χ0) is 42.1. The van der Waals surface area contributed by atoms with Crippen molar-refractivity contribution in [2.45, 2.75) is 19.3 Å². The minimum atomic E-state index is -0.117. The first-order chi connectivity index (χ1) is 31.0. The molecule has 1 aliphatic rings. The molecule has 10 aromatic carbocycles. The van der Waals surface area contributed by atoms with E-state index in [4.69, 9.17) is 9.97 Å². The Kier molecular flexibility index (Phi) is 8.55. The molecule has 0 saturated carbocycles. The fourth-order valence-corrected chi connectivity index (χ4v) is 10.4. The molecular weight excluding hydrogens is 761 g/mol. The highest BCUT2D eigenvalue weighted by Gasteiger charge is 2.37. The summed E-state index contributed by atoms with van der Waals surface area (Å²) in [6.07, 6.45) is 0. The molecule has 1 aromatic heterocycles. The molecule has 0 amide bonds. The average molecular weight is 803 g/mol. The molecule has 0 unspecified atom stereocenters. The predicted octanol–water partition coefficient (Wildman–Crippen LogP) is 16.2. The first-order valence-corrected chi connectivity index (χ1v) is 21.8. The normalized spacial score (nSPS) is 12.7. The molecule has 2 nitrogen and oxygen atoms in total. The molecular formula is C61H42N2. The van der Waals surface area contributed by atoms with E-state index in [1.54, 1.807) is 0 Å². The summed E-state index contributed by atoms with van der Waals surface area (Å²) in [5.74, 6) is 0.699. The number of nitrogens with zero attached hydrogens (tertiary/aromatic N) is 2. The molecule has 0 N–H and O–H groups in total. The molecule has 1 heterocycles. The minimum absolute atomic E-state index is 0.117. The molecule has 2 heteroatoms. The summed E-state index contributed by atoms with van der Waals surface area (Å²) in [7, 11) is 0. The number of aromatic nitrogens is 2. The monoisotopic (exact) mass is 802 g/mol. The van der Waals surface area contributed by atoms with Crippen LogP contribution < -0.4 is 0 Å². The van der Waals surface area contributed by atoms with Crippen LogP contribution >= 0.6 is 0 Å². The SMILES string of the molecule is CC1(C)c2ccccc2-c2cccc(-c3ccc(-c4ccc(-c5cc(-c6ccccc6-c6ccc7ccccc7c6)nc(-c6ccccc6)n5)c5ccccc45)c4ccccc34)c21. The van der Waals surface area contributed by atoms with Crippen LogP contribution in [0.4, 0.5) is 0 Å². The van der Waals surface area contributed by atoms with E-state index in [1.807, 2.05) is 6.07 Å². The van der Waals surface area contributed by atoms with Crippen LogP contribution in [0.15, 0.2) is 218 Å². The number of fused-ring (bicyclic) bond motifs is 6. The third-order valence-electron chi connectivity index (χ3n) is 13.3. The van der Waals surface area contributed by atoms with Crippen LogP contribution in [-0.2, 0) is 5.41 Å². The second-order valence-corrected chi connectivity index (χ2v) is 17.2. The summed E-state index contributed by atoms with van der Waals surface area (Å²) in [5.41, 5.74) is 17.5. The fourth-order valence-electron chi connectivity index (χ4n) is 10.4. The van der Waals surface area contributed by atoms with Gasteiger partial charge in [-0.05, 0) is 100 Å². The van der Waals surface area contributed by atoms with E-state index < -0.39 is 0 Å². The maximum absolute atomic E-state index is 5.33. The van der Waals surface area contributed by atoms with Gasteiger partial charge in [0, 0.05) is 22.1 Å². The summed E-state index contributed by atoms with van der Waals surface area (Å²) in [6.45, 7) is 4.75.